The fraction of sp³-hybridized carbons (Fsp3) is 0.333. The Labute approximate surface area is 169 Å². The fourth-order valence-corrected chi connectivity index (χ4v) is 3.47. The van der Waals surface area contributed by atoms with Gasteiger partial charge in [-0.3, -0.25) is 4.79 Å². The number of nitriles is 1. The van der Waals surface area contributed by atoms with Crippen LogP contribution in [0.2, 0.25) is 0 Å². The molecule has 0 saturated heterocycles. The van der Waals surface area contributed by atoms with Gasteiger partial charge in [0.05, 0.1) is 27.4 Å². The van der Waals surface area contributed by atoms with Gasteiger partial charge in [-0.15, -0.1) is 11.8 Å². The van der Waals surface area contributed by atoms with E-state index < -0.39 is 6.04 Å². The SMILES string of the molecule is COc1cc(C(C#N)NC(=O)c2ccc(SC(C)C)cc2)cc(OC)c1OC. The lowest BCUT2D eigenvalue weighted by Crippen LogP contribution is -2.27. The second-order valence-corrected chi connectivity index (χ2v) is 7.84. The number of nitrogens with zero attached hydrogens (tertiary/aromatic N) is 1. The third kappa shape index (κ3) is 5.11. The predicted octanol–water partition coefficient (Wildman–Crippen LogP) is 4.21. The summed E-state index contributed by atoms with van der Waals surface area (Å²) in [6.45, 7) is 4.22. The molecule has 0 aliphatic carbocycles. The lowest BCUT2D eigenvalue weighted by atomic mass is 10.1. The van der Waals surface area contributed by atoms with Crippen LogP contribution in [0.3, 0.4) is 0 Å². The quantitative estimate of drug-likeness (QED) is 0.669. The van der Waals surface area contributed by atoms with Crippen molar-refractivity contribution in [2.45, 2.75) is 30.0 Å². The van der Waals surface area contributed by atoms with E-state index in [1.165, 1.54) is 21.3 Å². The molecule has 0 fully saturated rings. The standard InChI is InChI=1S/C21H24N2O4S/c1-13(2)28-16-8-6-14(7-9-16)21(24)23-17(12-22)15-10-18(25-3)20(27-5)19(11-15)26-4/h6-11,13,17H,1-5H3,(H,23,24). The maximum absolute atomic E-state index is 12.6. The lowest BCUT2D eigenvalue weighted by molar-refractivity contribution is 0.0945. The van der Waals surface area contributed by atoms with Crippen LogP contribution in [0, 0.1) is 11.3 Å². The second-order valence-electron chi connectivity index (χ2n) is 6.19. The summed E-state index contributed by atoms with van der Waals surface area (Å²) in [5.74, 6) is 0.930. The molecule has 148 valence electrons. The van der Waals surface area contributed by atoms with Crippen LogP contribution >= 0.6 is 11.8 Å². The van der Waals surface area contributed by atoms with Gasteiger partial charge in [-0.25, -0.2) is 0 Å². The number of amides is 1. The molecular weight excluding hydrogens is 376 g/mol. The molecule has 0 saturated carbocycles. The van der Waals surface area contributed by atoms with Crippen LogP contribution in [0.25, 0.3) is 0 Å². The first-order valence-electron chi connectivity index (χ1n) is 8.70. The Balaban J connectivity index is 2.24. The van der Waals surface area contributed by atoms with Crippen molar-refractivity contribution in [3.63, 3.8) is 0 Å². The van der Waals surface area contributed by atoms with Crippen molar-refractivity contribution in [3.05, 3.63) is 47.5 Å². The van der Waals surface area contributed by atoms with E-state index >= 15 is 0 Å². The van der Waals surface area contributed by atoms with Crippen LogP contribution in [0.5, 0.6) is 17.2 Å². The third-order valence-electron chi connectivity index (χ3n) is 3.91. The van der Waals surface area contributed by atoms with Gasteiger partial charge in [-0.2, -0.15) is 5.26 Å². The minimum atomic E-state index is -0.870. The number of nitrogens with one attached hydrogen (secondary N) is 1. The number of hydrogen-bond donors (Lipinski definition) is 1. The van der Waals surface area contributed by atoms with Crippen LogP contribution in [-0.2, 0) is 0 Å². The number of thioether (sulfide) groups is 1. The van der Waals surface area contributed by atoms with E-state index in [0.29, 0.717) is 33.6 Å². The van der Waals surface area contributed by atoms with E-state index in [1.54, 1.807) is 36.0 Å². The highest BCUT2D eigenvalue weighted by atomic mass is 32.2. The first kappa shape index (κ1) is 21.5. The van der Waals surface area contributed by atoms with Gasteiger partial charge in [0.1, 0.15) is 6.04 Å². The van der Waals surface area contributed by atoms with Gasteiger partial charge in [0.2, 0.25) is 5.75 Å². The fourth-order valence-electron chi connectivity index (χ4n) is 2.63. The highest BCUT2D eigenvalue weighted by molar-refractivity contribution is 7.99. The van der Waals surface area contributed by atoms with Gasteiger partial charge in [0, 0.05) is 15.7 Å². The van der Waals surface area contributed by atoms with Crippen LogP contribution < -0.4 is 19.5 Å². The summed E-state index contributed by atoms with van der Waals surface area (Å²) < 4.78 is 15.9. The Bertz CT molecular complexity index is 835. The van der Waals surface area contributed by atoms with E-state index in [-0.39, 0.29) is 5.91 Å². The number of rotatable bonds is 8. The Morgan fingerprint density at radius 2 is 1.61 bits per heavy atom. The van der Waals surface area contributed by atoms with Crippen LogP contribution in [0.4, 0.5) is 0 Å². The van der Waals surface area contributed by atoms with Gasteiger partial charge < -0.3 is 19.5 Å². The average molecular weight is 401 g/mol. The Kier molecular flexibility index (Phi) is 7.59. The summed E-state index contributed by atoms with van der Waals surface area (Å²) in [4.78, 5) is 13.7. The van der Waals surface area contributed by atoms with Crippen molar-refractivity contribution in [2.75, 3.05) is 21.3 Å². The van der Waals surface area contributed by atoms with Crippen LogP contribution in [0.1, 0.15) is 35.8 Å². The molecule has 28 heavy (non-hydrogen) atoms. The molecule has 1 N–H and O–H groups in total. The van der Waals surface area contributed by atoms with E-state index in [9.17, 15) is 10.1 Å². The topological polar surface area (TPSA) is 80.6 Å². The first-order valence-corrected chi connectivity index (χ1v) is 9.58. The van der Waals surface area contributed by atoms with Crippen LogP contribution in [0.15, 0.2) is 41.3 Å². The Hall–Kier alpha value is -2.85. The normalized spacial score (nSPS) is 11.5. The summed E-state index contributed by atoms with van der Waals surface area (Å²) in [7, 11) is 4.50. The molecule has 0 spiro atoms. The summed E-state index contributed by atoms with van der Waals surface area (Å²) in [6, 6.07) is 11.9. The molecule has 1 amide bonds. The number of carbonyl (C=O) groups excluding carboxylic acids is 1. The van der Waals surface area contributed by atoms with Crippen molar-refractivity contribution in [2.24, 2.45) is 0 Å². The maximum atomic E-state index is 12.6. The van der Waals surface area contributed by atoms with Crippen molar-refractivity contribution in [1.82, 2.24) is 5.32 Å². The van der Waals surface area contributed by atoms with E-state index in [2.05, 4.69) is 25.2 Å². The third-order valence-corrected chi connectivity index (χ3v) is 4.93. The number of methoxy groups -OCH3 is 3. The van der Waals surface area contributed by atoms with Crippen molar-refractivity contribution >= 4 is 17.7 Å². The zero-order valence-electron chi connectivity index (χ0n) is 16.6. The summed E-state index contributed by atoms with van der Waals surface area (Å²) in [5.41, 5.74) is 1.03. The molecule has 2 rings (SSSR count). The molecule has 1 atom stereocenters. The average Bonchev–Trinajstić information content (AvgIpc) is 2.70. The first-order chi connectivity index (χ1) is 13.4. The van der Waals surface area contributed by atoms with Gasteiger partial charge in [0.15, 0.2) is 11.5 Å². The molecule has 0 aromatic heterocycles. The highest BCUT2D eigenvalue weighted by Gasteiger charge is 2.20. The highest BCUT2D eigenvalue weighted by Crippen LogP contribution is 2.39. The van der Waals surface area contributed by atoms with Gasteiger partial charge in [0.25, 0.3) is 5.91 Å². The number of hydrogen-bond acceptors (Lipinski definition) is 6. The number of benzene rings is 2. The van der Waals surface area contributed by atoms with E-state index in [0.717, 1.165) is 4.90 Å². The predicted molar refractivity (Wildman–Crippen MR) is 109 cm³/mol. The van der Waals surface area contributed by atoms with Crippen molar-refractivity contribution in [3.8, 4) is 23.3 Å². The molecule has 2 aromatic rings. The molecular formula is C21H24N2O4S. The minimum Gasteiger partial charge on any atom is -0.493 e. The zero-order chi connectivity index (χ0) is 20.7. The van der Waals surface area contributed by atoms with Gasteiger partial charge in [-0.05, 0) is 42.0 Å². The Morgan fingerprint density at radius 1 is 1.04 bits per heavy atom. The van der Waals surface area contributed by atoms with Gasteiger partial charge in [-0.1, -0.05) is 13.8 Å². The smallest absolute Gasteiger partial charge is 0.252 e. The summed E-state index contributed by atoms with van der Waals surface area (Å²) >= 11 is 1.72. The molecule has 0 bridgehead atoms. The van der Waals surface area contributed by atoms with Crippen LogP contribution in [-0.4, -0.2) is 32.5 Å². The monoisotopic (exact) mass is 400 g/mol. The molecule has 0 aliphatic heterocycles. The number of carbonyl (C=O) groups is 1. The molecule has 1 unspecified atom stereocenters. The molecule has 2 aromatic carbocycles. The minimum absolute atomic E-state index is 0.332. The Morgan fingerprint density at radius 3 is 2.04 bits per heavy atom. The molecule has 7 heteroatoms. The van der Waals surface area contributed by atoms with E-state index in [4.69, 9.17) is 14.2 Å². The van der Waals surface area contributed by atoms with Crippen molar-refractivity contribution in [1.29, 1.82) is 5.26 Å². The number of ether oxygens (including phenoxy) is 3. The van der Waals surface area contributed by atoms with Gasteiger partial charge >= 0.3 is 0 Å². The molecule has 6 nitrogen and oxygen atoms in total. The largest absolute Gasteiger partial charge is 0.493 e. The van der Waals surface area contributed by atoms with E-state index in [1.807, 2.05) is 12.1 Å². The van der Waals surface area contributed by atoms with Crippen molar-refractivity contribution < 1.29 is 19.0 Å². The maximum Gasteiger partial charge on any atom is 0.252 e. The zero-order valence-corrected chi connectivity index (χ0v) is 17.4. The molecule has 0 aliphatic rings. The summed E-state index contributed by atoms with van der Waals surface area (Å²) in [5, 5.41) is 12.8. The lowest BCUT2D eigenvalue weighted by Gasteiger charge is -2.17. The molecule has 0 radical (unpaired) electrons. The second kappa shape index (κ2) is 9.90. The molecule has 0 heterocycles. The summed E-state index contributed by atoms with van der Waals surface area (Å²) in [6.07, 6.45) is 0.